The predicted octanol–water partition coefficient (Wildman–Crippen LogP) is 2.28. The molecule has 0 radical (unpaired) electrons. The Kier molecular flexibility index (Phi) is 6.30. The molecule has 1 heterocycles. The summed E-state index contributed by atoms with van der Waals surface area (Å²) in [5.41, 5.74) is 7.30. The van der Waals surface area contributed by atoms with Gasteiger partial charge in [0.15, 0.2) is 5.71 Å². The number of rotatable bonds is 5. The molecule has 0 aliphatic carbocycles. The number of methoxy groups -OCH3 is 1. The van der Waals surface area contributed by atoms with E-state index in [4.69, 9.17) is 22.1 Å². The van der Waals surface area contributed by atoms with E-state index in [1.807, 2.05) is 24.3 Å². The number of hydrogen-bond acceptors (Lipinski definition) is 6. The Morgan fingerprint density at radius 2 is 2.04 bits per heavy atom. The first-order valence-electron chi connectivity index (χ1n) is 7.72. The lowest BCUT2D eigenvalue weighted by Gasteiger charge is -2.24. The number of aromatic nitrogens is 1. The summed E-state index contributed by atoms with van der Waals surface area (Å²) in [5.74, 6) is -0.978. The molecule has 0 bridgehead atoms. The lowest BCUT2D eigenvalue weighted by molar-refractivity contribution is -0.132. The minimum Gasteiger partial charge on any atom is -0.464 e. The molecule has 0 fully saturated rings. The summed E-state index contributed by atoms with van der Waals surface area (Å²) < 4.78 is 4.71. The maximum Gasteiger partial charge on any atom is 0.358 e. The summed E-state index contributed by atoms with van der Waals surface area (Å²) in [6.45, 7) is 1.56. The monoisotopic (exact) mass is 374 g/mol. The fourth-order valence-corrected chi connectivity index (χ4v) is 2.64. The zero-order chi connectivity index (χ0) is 19.3. The number of ether oxygens (including phenoxy) is 1. The van der Waals surface area contributed by atoms with Gasteiger partial charge >= 0.3 is 5.97 Å². The summed E-state index contributed by atoms with van der Waals surface area (Å²) in [5, 5.41) is 1.30. The maximum atomic E-state index is 12.2. The van der Waals surface area contributed by atoms with Gasteiger partial charge in [-0.1, -0.05) is 23.7 Å². The van der Waals surface area contributed by atoms with Crippen molar-refractivity contribution in [1.29, 1.82) is 0 Å². The van der Waals surface area contributed by atoms with E-state index in [0.717, 1.165) is 17.1 Å². The van der Waals surface area contributed by atoms with Crippen molar-refractivity contribution in [1.82, 2.24) is 9.88 Å². The summed E-state index contributed by atoms with van der Waals surface area (Å²) in [4.78, 5) is 33.6. The third-order valence-electron chi connectivity index (χ3n) is 3.74. The van der Waals surface area contributed by atoms with Crippen LogP contribution in [0.5, 0.6) is 0 Å². The second-order valence-corrected chi connectivity index (χ2v) is 5.77. The van der Waals surface area contributed by atoms with E-state index < -0.39 is 5.97 Å². The molecular weight excluding hydrogens is 356 g/mol. The van der Waals surface area contributed by atoms with Crippen LogP contribution in [0.1, 0.15) is 12.5 Å². The van der Waals surface area contributed by atoms with Crippen LogP contribution in [0.4, 0.5) is 0 Å². The lowest BCUT2D eigenvalue weighted by atomic mass is 10.1. The molecular formula is C18H19ClN4O3. The first-order chi connectivity index (χ1) is 12.4. The van der Waals surface area contributed by atoms with Crippen LogP contribution < -0.4 is 5.73 Å². The minimum atomic E-state index is -0.678. The average molecular weight is 375 g/mol. The minimum absolute atomic E-state index is 0.0350. The highest BCUT2D eigenvalue weighted by molar-refractivity contribution is 6.43. The second-order valence-electron chi connectivity index (χ2n) is 5.38. The van der Waals surface area contributed by atoms with Crippen LogP contribution in [-0.4, -0.2) is 41.6 Å². The second kappa shape index (κ2) is 8.44. The van der Waals surface area contributed by atoms with E-state index in [1.54, 1.807) is 6.07 Å². The zero-order valence-electron chi connectivity index (χ0n) is 14.7. The van der Waals surface area contributed by atoms with Gasteiger partial charge in [0.25, 0.3) is 0 Å². The number of pyridine rings is 1. The molecule has 1 amide bonds. The number of nitrogens with zero attached hydrogens (tertiary/aromatic N) is 3. The Morgan fingerprint density at radius 1 is 1.35 bits per heavy atom. The number of nitrogens with two attached hydrogens (primary N) is 1. The lowest BCUT2D eigenvalue weighted by Crippen LogP contribution is -2.35. The third-order valence-corrected chi connectivity index (χ3v) is 3.95. The molecule has 2 rings (SSSR count). The number of amides is 1. The van der Waals surface area contributed by atoms with Crippen molar-refractivity contribution in [3.05, 3.63) is 52.9 Å². The van der Waals surface area contributed by atoms with Gasteiger partial charge in [-0.15, -0.1) is 0 Å². The van der Waals surface area contributed by atoms with Crippen molar-refractivity contribution < 1.29 is 14.3 Å². The third kappa shape index (κ3) is 4.18. The highest BCUT2D eigenvalue weighted by Crippen LogP contribution is 2.20. The van der Waals surface area contributed by atoms with Gasteiger partial charge in [0, 0.05) is 25.6 Å². The van der Waals surface area contributed by atoms with E-state index in [-0.39, 0.29) is 23.9 Å². The Hall–Kier alpha value is -2.93. The quantitative estimate of drug-likeness (QED) is 0.492. The zero-order valence-corrected chi connectivity index (χ0v) is 15.4. The highest BCUT2D eigenvalue weighted by atomic mass is 35.5. The van der Waals surface area contributed by atoms with Crippen LogP contribution in [0.25, 0.3) is 10.9 Å². The summed E-state index contributed by atoms with van der Waals surface area (Å²) in [6.07, 6.45) is 1.16. The number of esters is 1. The maximum absolute atomic E-state index is 12.2. The number of fused-ring (bicyclic) bond motifs is 1. The number of hydrogen-bond donors (Lipinski definition) is 1. The SMILES string of the molecule is CN=C(C(=O)OC)/C(=C\N)N(Cc1ccc2ccc(Cl)nc2c1)C(C)=O. The molecule has 1 aromatic carbocycles. The van der Waals surface area contributed by atoms with Crippen LogP contribution in [0.15, 0.2) is 47.2 Å². The molecule has 136 valence electrons. The Labute approximate surface area is 156 Å². The van der Waals surface area contributed by atoms with E-state index in [0.29, 0.717) is 10.7 Å². The summed E-state index contributed by atoms with van der Waals surface area (Å²) >= 11 is 5.94. The normalized spacial score (nSPS) is 12.2. The smallest absolute Gasteiger partial charge is 0.358 e. The first-order valence-corrected chi connectivity index (χ1v) is 8.09. The van der Waals surface area contributed by atoms with Crippen molar-refractivity contribution >= 4 is 40.1 Å². The van der Waals surface area contributed by atoms with E-state index in [1.165, 1.54) is 26.0 Å². The topological polar surface area (TPSA) is 97.9 Å². The van der Waals surface area contributed by atoms with Crippen molar-refractivity contribution in [3.8, 4) is 0 Å². The number of halogens is 1. The molecule has 0 saturated carbocycles. The number of aliphatic imine (C=N–C) groups is 1. The van der Waals surface area contributed by atoms with Gasteiger partial charge in [0.05, 0.1) is 24.9 Å². The molecule has 0 spiro atoms. The fraction of sp³-hybridized carbons (Fsp3) is 0.222. The van der Waals surface area contributed by atoms with Gasteiger partial charge in [0.2, 0.25) is 5.91 Å². The van der Waals surface area contributed by atoms with Crippen LogP contribution >= 0.6 is 11.6 Å². The van der Waals surface area contributed by atoms with Gasteiger partial charge < -0.3 is 15.4 Å². The van der Waals surface area contributed by atoms with Crippen molar-refractivity contribution in [2.45, 2.75) is 13.5 Å². The van der Waals surface area contributed by atoms with E-state index in [9.17, 15) is 9.59 Å². The van der Waals surface area contributed by atoms with E-state index >= 15 is 0 Å². The van der Waals surface area contributed by atoms with Crippen molar-refractivity contribution in [2.24, 2.45) is 10.7 Å². The molecule has 0 unspecified atom stereocenters. The van der Waals surface area contributed by atoms with Crippen molar-refractivity contribution in [2.75, 3.05) is 14.2 Å². The highest BCUT2D eigenvalue weighted by Gasteiger charge is 2.24. The van der Waals surface area contributed by atoms with Gasteiger partial charge in [0.1, 0.15) is 5.15 Å². The molecule has 1 aromatic heterocycles. The molecule has 0 saturated heterocycles. The molecule has 2 N–H and O–H groups in total. The molecule has 2 aromatic rings. The number of carbonyl (C=O) groups excluding carboxylic acids is 2. The van der Waals surface area contributed by atoms with E-state index in [2.05, 4.69) is 9.98 Å². The summed E-state index contributed by atoms with van der Waals surface area (Å²) in [6, 6.07) is 9.14. The van der Waals surface area contributed by atoms with Crippen LogP contribution in [0, 0.1) is 0 Å². The predicted molar refractivity (Wildman–Crippen MR) is 101 cm³/mol. The molecule has 26 heavy (non-hydrogen) atoms. The molecule has 8 heteroatoms. The van der Waals surface area contributed by atoms with Gasteiger partial charge in [-0.25, -0.2) is 9.78 Å². The number of benzene rings is 1. The van der Waals surface area contributed by atoms with Gasteiger partial charge in [-0.3, -0.25) is 9.79 Å². The molecule has 0 aliphatic heterocycles. The fourth-order valence-electron chi connectivity index (χ4n) is 2.49. The Morgan fingerprint density at radius 3 is 2.62 bits per heavy atom. The molecule has 7 nitrogen and oxygen atoms in total. The number of carbonyl (C=O) groups is 2. The van der Waals surface area contributed by atoms with Crippen molar-refractivity contribution in [3.63, 3.8) is 0 Å². The van der Waals surface area contributed by atoms with Crippen LogP contribution in [0.2, 0.25) is 5.15 Å². The Bertz CT molecular complexity index is 908. The van der Waals surface area contributed by atoms with Crippen LogP contribution in [-0.2, 0) is 20.9 Å². The van der Waals surface area contributed by atoms with Crippen LogP contribution in [0.3, 0.4) is 0 Å². The van der Waals surface area contributed by atoms with Gasteiger partial charge in [-0.2, -0.15) is 0 Å². The van der Waals surface area contributed by atoms with Gasteiger partial charge in [-0.05, 0) is 23.8 Å². The molecule has 0 atom stereocenters. The summed E-state index contributed by atoms with van der Waals surface area (Å²) in [7, 11) is 2.66. The Balaban J connectivity index is 2.41. The molecule has 0 aliphatic rings. The largest absolute Gasteiger partial charge is 0.464 e. The first kappa shape index (κ1) is 19.4. The average Bonchev–Trinajstić information content (AvgIpc) is 2.63. The standard InChI is InChI=1S/C18H19ClN4O3/c1-11(24)23(15(9-20)17(21-2)18(25)26-3)10-12-4-5-13-6-7-16(19)22-14(13)8-12/h4-9H,10,20H2,1-3H3/b15-9+,21-17?.